The van der Waals surface area contributed by atoms with E-state index in [1.54, 1.807) is 12.3 Å². The molecule has 164 valence electrons. The van der Waals surface area contributed by atoms with E-state index < -0.39 is 12.1 Å². The van der Waals surface area contributed by atoms with Crippen LogP contribution in [0.3, 0.4) is 0 Å². The van der Waals surface area contributed by atoms with E-state index >= 15 is 0 Å². The van der Waals surface area contributed by atoms with Crippen LogP contribution in [0.2, 0.25) is 0 Å². The number of halogens is 1. The van der Waals surface area contributed by atoms with Gasteiger partial charge in [0.15, 0.2) is 5.78 Å². The number of carbonyl (C=O) groups excluding carboxylic acids is 2. The first kappa shape index (κ1) is 20.8. The smallest absolute Gasteiger partial charge is 0.231 e. The Hall–Kier alpha value is -3.12. The maximum Gasteiger partial charge on any atom is 0.231 e. The van der Waals surface area contributed by atoms with Crippen molar-refractivity contribution >= 4 is 28.3 Å². The van der Waals surface area contributed by atoms with E-state index in [1.807, 2.05) is 43.3 Å². The number of anilines is 1. The SMILES string of the molecule is Cc1ccc(C(=O)CC2(C)COC2)cc1-c1ccc2cc(NC(=O)[C@@H]3C[C@@H]3F)ncc2c1. The molecular formula is C26H25FN2O3. The first-order valence-corrected chi connectivity index (χ1v) is 10.9. The highest BCUT2D eigenvalue weighted by Crippen LogP contribution is 2.35. The van der Waals surface area contributed by atoms with Crippen molar-refractivity contribution in [2.24, 2.45) is 11.3 Å². The number of Topliss-reactive ketones (excluding diaryl/α,β-unsaturated/α-hetero) is 1. The molecule has 1 amide bonds. The standard InChI is InChI=1S/C26H25FN2O3/c1-15-3-4-18(23(30)11-26(2)13-32-14-26)8-20(15)17-6-5-16-9-24(28-12-19(16)7-17)29-25(31)21-10-22(21)27/h3-9,12,21-22H,10-11,13-14H2,1-2H3,(H,28,29,31)/t21-,22+/m1/s1. The van der Waals surface area contributed by atoms with Gasteiger partial charge in [0.2, 0.25) is 5.91 Å². The lowest BCUT2D eigenvalue weighted by Crippen LogP contribution is -2.41. The van der Waals surface area contributed by atoms with Crippen molar-refractivity contribution in [3.8, 4) is 11.1 Å². The molecule has 2 aromatic carbocycles. The number of rotatable bonds is 6. The molecule has 1 saturated heterocycles. The van der Waals surface area contributed by atoms with Crippen molar-refractivity contribution in [3.05, 3.63) is 59.8 Å². The van der Waals surface area contributed by atoms with E-state index in [1.165, 1.54) is 0 Å². The summed E-state index contributed by atoms with van der Waals surface area (Å²) in [5.41, 5.74) is 3.74. The highest BCUT2D eigenvalue weighted by molar-refractivity contribution is 5.99. The van der Waals surface area contributed by atoms with Gasteiger partial charge in [0, 0.05) is 29.0 Å². The number of fused-ring (bicyclic) bond motifs is 1. The van der Waals surface area contributed by atoms with Gasteiger partial charge in [-0.3, -0.25) is 9.59 Å². The zero-order valence-corrected chi connectivity index (χ0v) is 18.2. The number of nitrogens with one attached hydrogen (secondary N) is 1. The van der Waals surface area contributed by atoms with Gasteiger partial charge in [-0.05, 0) is 53.6 Å². The van der Waals surface area contributed by atoms with E-state index in [4.69, 9.17) is 4.74 Å². The third-order valence-corrected chi connectivity index (χ3v) is 6.38. The lowest BCUT2D eigenvalue weighted by atomic mass is 9.81. The second kappa shape index (κ2) is 7.78. The van der Waals surface area contributed by atoms with Crippen molar-refractivity contribution < 1.29 is 18.7 Å². The number of pyridine rings is 1. The molecule has 1 aliphatic heterocycles. The molecule has 6 heteroatoms. The minimum atomic E-state index is -1.03. The van der Waals surface area contributed by atoms with Gasteiger partial charge < -0.3 is 10.1 Å². The molecule has 1 N–H and O–H groups in total. The number of aromatic nitrogens is 1. The summed E-state index contributed by atoms with van der Waals surface area (Å²) in [5.74, 6) is -0.315. The Bertz CT molecular complexity index is 1230. The van der Waals surface area contributed by atoms with Crippen LogP contribution in [0.1, 0.15) is 35.7 Å². The minimum absolute atomic E-state index is 0.0610. The van der Waals surface area contributed by atoms with E-state index in [2.05, 4.69) is 17.2 Å². The molecule has 0 radical (unpaired) electrons. The number of carbonyl (C=O) groups is 2. The van der Waals surface area contributed by atoms with Gasteiger partial charge in [-0.2, -0.15) is 0 Å². The van der Waals surface area contributed by atoms with Gasteiger partial charge in [-0.1, -0.05) is 31.2 Å². The normalized spacial score (nSPS) is 21.1. The summed E-state index contributed by atoms with van der Waals surface area (Å²) in [6.07, 6.45) is 1.44. The van der Waals surface area contributed by atoms with Crippen molar-refractivity contribution in [1.82, 2.24) is 4.98 Å². The van der Waals surface area contributed by atoms with Crippen LogP contribution in [0.15, 0.2) is 48.7 Å². The molecule has 1 saturated carbocycles. The average molecular weight is 432 g/mol. The predicted octanol–water partition coefficient (Wildman–Crippen LogP) is 5.12. The molecule has 0 bridgehead atoms. The second-order valence-electron chi connectivity index (χ2n) is 9.41. The number of aryl methyl sites for hydroxylation is 1. The number of hydrogen-bond acceptors (Lipinski definition) is 4. The molecule has 2 heterocycles. The second-order valence-corrected chi connectivity index (χ2v) is 9.41. The Morgan fingerprint density at radius 2 is 1.94 bits per heavy atom. The summed E-state index contributed by atoms with van der Waals surface area (Å²) in [4.78, 5) is 29.1. The maximum absolute atomic E-state index is 13.1. The Balaban J connectivity index is 1.39. The van der Waals surface area contributed by atoms with Crippen molar-refractivity contribution in [3.63, 3.8) is 0 Å². The molecule has 0 unspecified atom stereocenters. The van der Waals surface area contributed by atoms with Crippen LogP contribution in [0.25, 0.3) is 21.9 Å². The third kappa shape index (κ3) is 4.02. The third-order valence-electron chi connectivity index (χ3n) is 6.38. The zero-order valence-electron chi connectivity index (χ0n) is 18.2. The van der Waals surface area contributed by atoms with Crippen molar-refractivity contribution in [2.45, 2.75) is 32.9 Å². The van der Waals surface area contributed by atoms with Crippen molar-refractivity contribution in [1.29, 1.82) is 0 Å². The van der Waals surface area contributed by atoms with Crippen LogP contribution >= 0.6 is 0 Å². The number of alkyl halides is 1. The average Bonchev–Trinajstić information content (AvgIpc) is 3.49. The molecule has 2 fully saturated rings. The van der Waals surface area contributed by atoms with E-state index in [0.29, 0.717) is 31.0 Å². The van der Waals surface area contributed by atoms with Gasteiger partial charge in [-0.25, -0.2) is 9.37 Å². The molecule has 3 aromatic rings. The van der Waals surface area contributed by atoms with Crippen LogP contribution in [0, 0.1) is 18.3 Å². The van der Waals surface area contributed by atoms with E-state index in [-0.39, 0.29) is 23.5 Å². The zero-order chi connectivity index (χ0) is 22.5. The molecule has 1 aliphatic carbocycles. The van der Waals surface area contributed by atoms with Gasteiger partial charge in [0.1, 0.15) is 12.0 Å². The summed E-state index contributed by atoms with van der Waals surface area (Å²) >= 11 is 0. The van der Waals surface area contributed by atoms with Crippen LogP contribution in [0.4, 0.5) is 10.2 Å². The predicted molar refractivity (Wildman–Crippen MR) is 121 cm³/mol. The van der Waals surface area contributed by atoms with Gasteiger partial charge in [0.25, 0.3) is 0 Å². The van der Waals surface area contributed by atoms with Crippen LogP contribution in [-0.4, -0.2) is 36.1 Å². The Morgan fingerprint density at radius 3 is 2.62 bits per heavy atom. The van der Waals surface area contributed by atoms with E-state index in [0.717, 1.165) is 27.5 Å². The first-order valence-electron chi connectivity index (χ1n) is 10.9. The highest BCUT2D eigenvalue weighted by atomic mass is 19.1. The maximum atomic E-state index is 13.1. The van der Waals surface area contributed by atoms with Crippen LogP contribution in [-0.2, 0) is 9.53 Å². The van der Waals surface area contributed by atoms with Gasteiger partial charge >= 0.3 is 0 Å². The summed E-state index contributed by atoms with van der Waals surface area (Å²) < 4.78 is 18.4. The monoisotopic (exact) mass is 432 g/mol. The molecule has 0 spiro atoms. The number of ether oxygens (including phenoxy) is 1. The number of hydrogen-bond donors (Lipinski definition) is 1. The lowest BCUT2D eigenvalue weighted by Gasteiger charge is -2.37. The van der Waals surface area contributed by atoms with Crippen LogP contribution in [0.5, 0.6) is 0 Å². The number of nitrogens with zero attached hydrogens (tertiary/aromatic N) is 1. The summed E-state index contributed by atoms with van der Waals surface area (Å²) in [6, 6.07) is 13.6. The minimum Gasteiger partial charge on any atom is -0.380 e. The molecule has 2 aliphatic rings. The molecule has 5 nitrogen and oxygen atoms in total. The van der Waals surface area contributed by atoms with Gasteiger partial charge in [-0.15, -0.1) is 0 Å². The summed E-state index contributed by atoms with van der Waals surface area (Å²) in [6.45, 7) is 5.37. The lowest BCUT2D eigenvalue weighted by molar-refractivity contribution is -0.117. The van der Waals surface area contributed by atoms with Crippen LogP contribution < -0.4 is 5.32 Å². The molecule has 2 atom stereocenters. The highest BCUT2D eigenvalue weighted by Gasteiger charge is 2.43. The largest absolute Gasteiger partial charge is 0.380 e. The quantitative estimate of drug-likeness (QED) is 0.549. The summed E-state index contributed by atoms with van der Waals surface area (Å²) in [7, 11) is 0. The Morgan fingerprint density at radius 1 is 1.16 bits per heavy atom. The number of amides is 1. The Labute approximate surface area is 186 Å². The molecular weight excluding hydrogens is 407 g/mol. The van der Waals surface area contributed by atoms with Crippen molar-refractivity contribution in [2.75, 3.05) is 18.5 Å². The molecule has 5 rings (SSSR count). The first-order chi connectivity index (χ1) is 15.3. The Kier molecular flexibility index (Phi) is 5.05. The summed E-state index contributed by atoms with van der Waals surface area (Å²) in [5, 5.41) is 4.54. The fourth-order valence-corrected chi connectivity index (χ4v) is 4.18. The fraction of sp³-hybridized carbons (Fsp3) is 0.346. The molecule has 32 heavy (non-hydrogen) atoms. The number of benzene rings is 2. The van der Waals surface area contributed by atoms with E-state index in [9.17, 15) is 14.0 Å². The topological polar surface area (TPSA) is 68.3 Å². The number of ketones is 1. The fourth-order valence-electron chi connectivity index (χ4n) is 4.18. The molecule has 1 aromatic heterocycles. The van der Waals surface area contributed by atoms with Gasteiger partial charge in [0.05, 0.1) is 19.1 Å².